The Labute approximate surface area is 115 Å². The maximum atomic E-state index is 12.7. The molecule has 0 aliphatic carbocycles. The summed E-state index contributed by atoms with van der Waals surface area (Å²) in [4.78, 5) is 16.4. The quantitative estimate of drug-likeness (QED) is 0.906. The third kappa shape index (κ3) is 4.11. The first-order valence-corrected chi connectivity index (χ1v) is 6.22. The van der Waals surface area contributed by atoms with E-state index >= 15 is 0 Å². The van der Waals surface area contributed by atoms with Gasteiger partial charge in [-0.15, -0.1) is 0 Å². The fraction of sp³-hybridized carbons (Fsp3) is 0.538. The van der Waals surface area contributed by atoms with Gasteiger partial charge in [0, 0.05) is 13.6 Å². The number of nitrogens with zero attached hydrogens (tertiary/aromatic N) is 2. The van der Waals surface area contributed by atoms with Crippen LogP contribution in [0.3, 0.4) is 0 Å². The summed E-state index contributed by atoms with van der Waals surface area (Å²) in [6.45, 7) is 4.50. The highest BCUT2D eigenvalue weighted by Gasteiger charge is 2.33. The van der Waals surface area contributed by atoms with Gasteiger partial charge in [0.2, 0.25) is 0 Å². The number of hydrogen-bond donors (Lipinski definition) is 1. The van der Waals surface area contributed by atoms with Gasteiger partial charge in [-0.3, -0.25) is 4.79 Å². The highest BCUT2D eigenvalue weighted by molar-refractivity contribution is 5.97. The molecule has 7 heteroatoms. The molecule has 1 rings (SSSR count). The van der Waals surface area contributed by atoms with Gasteiger partial charge in [-0.25, -0.2) is 4.98 Å². The summed E-state index contributed by atoms with van der Waals surface area (Å²) in [5.41, 5.74) is 4.14. The Bertz CT molecular complexity index is 486. The first kappa shape index (κ1) is 16.3. The molecule has 0 saturated carbocycles. The van der Waals surface area contributed by atoms with Crippen LogP contribution in [-0.2, 0) is 6.18 Å². The predicted molar refractivity (Wildman–Crippen MR) is 70.5 cm³/mol. The summed E-state index contributed by atoms with van der Waals surface area (Å²) < 4.78 is 38.0. The van der Waals surface area contributed by atoms with Crippen molar-refractivity contribution in [2.75, 3.05) is 18.5 Å². The molecule has 0 saturated heterocycles. The number of halogens is 3. The number of rotatable bonds is 5. The fourth-order valence-corrected chi connectivity index (χ4v) is 1.65. The molecule has 4 nitrogen and oxygen atoms in total. The van der Waals surface area contributed by atoms with Crippen molar-refractivity contribution < 1.29 is 18.0 Å². The van der Waals surface area contributed by atoms with Gasteiger partial charge in [0.1, 0.15) is 11.5 Å². The van der Waals surface area contributed by atoms with Crippen LogP contribution in [-0.4, -0.2) is 24.5 Å². The van der Waals surface area contributed by atoms with Crippen LogP contribution in [0.5, 0.6) is 0 Å². The van der Waals surface area contributed by atoms with E-state index in [-0.39, 0.29) is 11.4 Å². The van der Waals surface area contributed by atoms with Crippen LogP contribution >= 0.6 is 0 Å². The van der Waals surface area contributed by atoms with Crippen molar-refractivity contribution in [2.45, 2.75) is 26.4 Å². The average molecular weight is 289 g/mol. The molecule has 1 heterocycles. The Morgan fingerprint density at radius 1 is 1.40 bits per heavy atom. The van der Waals surface area contributed by atoms with Crippen LogP contribution in [0.25, 0.3) is 0 Å². The minimum atomic E-state index is -4.55. The van der Waals surface area contributed by atoms with Crippen molar-refractivity contribution in [3.05, 3.63) is 23.4 Å². The predicted octanol–water partition coefficient (Wildman–Crippen LogP) is 2.68. The van der Waals surface area contributed by atoms with Gasteiger partial charge in [-0.1, -0.05) is 13.8 Å². The number of primary amides is 1. The first-order valence-electron chi connectivity index (χ1n) is 6.22. The minimum Gasteiger partial charge on any atom is -0.365 e. The van der Waals surface area contributed by atoms with Crippen molar-refractivity contribution in [1.82, 2.24) is 4.98 Å². The van der Waals surface area contributed by atoms with Crippen LogP contribution in [0.15, 0.2) is 12.1 Å². The molecule has 0 aliphatic heterocycles. The second kappa shape index (κ2) is 6.11. The van der Waals surface area contributed by atoms with Crippen molar-refractivity contribution in [1.29, 1.82) is 0 Å². The van der Waals surface area contributed by atoms with E-state index in [1.54, 1.807) is 7.05 Å². The van der Waals surface area contributed by atoms with E-state index in [4.69, 9.17) is 5.73 Å². The van der Waals surface area contributed by atoms with Gasteiger partial charge in [0.05, 0.1) is 5.56 Å². The topological polar surface area (TPSA) is 59.2 Å². The van der Waals surface area contributed by atoms with E-state index in [0.717, 1.165) is 18.6 Å². The zero-order valence-electron chi connectivity index (χ0n) is 11.7. The average Bonchev–Trinajstić information content (AvgIpc) is 2.33. The Hall–Kier alpha value is -1.79. The number of aromatic nitrogens is 1. The summed E-state index contributed by atoms with van der Waals surface area (Å²) in [6, 6.07) is 1.83. The van der Waals surface area contributed by atoms with Crippen molar-refractivity contribution in [3.63, 3.8) is 0 Å². The van der Waals surface area contributed by atoms with Gasteiger partial charge in [-0.2, -0.15) is 13.2 Å². The lowest BCUT2D eigenvalue weighted by Gasteiger charge is -2.22. The summed E-state index contributed by atoms with van der Waals surface area (Å²) in [6.07, 6.45) is -3.78. The summed E-state index contributed by atoms with van der Waals surface area (Å²) in [7, 11) is 1.59. The van der Waals surface area contributed by atoms with E-state index in [9.17, 15) is 18.0 Å². The number of alkyl halides is 3. The van der Waals surface area contributed by atoms with Gasteiger partial charge in [0.15, 0.2) is 0 Å². The van der Waals surface area contributed by atoms with Crippen LogP contribution in [0.1, 0.15) is 36.3 Å². The highest BCUT2D eigenvalue weighted by atomic mass is 19.4. The molecule has 0 unspecified atom stereocenters. The number of carbonyl (C=O) groups is 1. The molecular weight excluding hydrogens is 271 g/mol. The molecule has 1 aromatic rings. The van der Waals surface area contributed by atoms with Gasteiger partial charge in [-0.05, 0) is 24.5 Å². The van der Waals surface area contributed by atoms with E-state index in [1.165, 1.54) is 4.90 Å². The smallest absolute Gasteiger partial charge is 0.365 e. The molecule has 0 aliphatic rings. The second-order valence-electron chi connectivity index (χ2n) is 5.03. The van der Waals surface area contributed by atoms with E-state index in [2.05, 4.69) is 4.98 Å². The first-order chi connectivity index (χ1) is 9.12. The highest BCUT2D eigenvalue weighted by Crippen LogP contribution is 2.30. The monoisotopic (exact) mass is 289 g/mol. The zero-order chi connectivity index (χ0) is 15.5. The third-order valence-corrected chi connectivity index (χ3v) is 2.83. The number of carbonyl (C=O) groups excluding carboxylic acids is 1. The van der Waals surface area contributed by atoms with Gasteiger partial charge < -0.3 is 10.6 Å². The Morgan fingerprint density at radius 3 is 2.45 bits per heavy atom. The molecule has 0 atom stereocenters. The number of anilines is 1. The molecular formula is C13H18F3N3O. The van der Waals surface area contributed by atoms with Crippen molar-refractivity contribution >= 4 is 11.7 Å². The van der Waals surface area contributed by atoms with Crippen LogP contribution < -0.4 is 10.6 Å². The minimum absolute atomic E-state index is 0.00995. The molecule has 1 aromatic heterocycles. The lowest BCUT2D eigenvalue weighted by Crippen LogP contribution is -2.26. The molecule has 112 valence electrons. The second-order valence-corrected chi connectivity index (χ2v) is 5.03. The zero-order valence-corrected chi connectivity index (χ0v) is 11.7. The molecule has 0 bridgehead atoms. The van der Waals surface area contributed by atoms with E-state index in [0.29, 0.717) is 12.5 Å². The van der Waals surface area contributed by atoms with E-state index < -0.39 is 17.8 Å². The molecule has 2 N–H and O–H groups in total. The molecule has 0 radical (unpaired) electrons. The third-order valence-electron chi connectivity index (χ3n) is 2.83. The Balaban J connectivity index is 3.15. The lowest BCUT2D eigenvalue weighted by atomic mass is 10.1. The number of nitrogens with two attached hydrogens (primary N) is 1. The molecule has 0 aromatic carbocycles. The molecule has 20 heavy (non-hydrogen) atoms. The standard InChI is InChI=1S/C13H18F3N3O/c1-8(2)6-7-19(3)12-9(11(17)20)4-5-10(18-12)13(14,15)16/h4-5,8H,6-7H2,1-3H3,(H2,17,20). The summed E-state index contributed by atoms with van der Waals surface area (Å²) in [5.74, 6) is -0.439. The normalized spacial score (nSPS) is 11.8. The largest absolute Gasteiger partial charge is 0.433 e. The maximum absolute atomic E-state index is 12.7. The van der Waals surface area contributed by atoms with E-state index in [1.807, 2.05) is 13.8 Å². The van der Waals surface area contributed by atoms with Crippen molar-refractivity contribution in [2.24, 2.45) is 11.7 Å². The fourth-order valence-electron chi connectivity index (χ4n) is 1.65. The Kier molecular flexibility index (Phi) is 4.97. The molecule has 1 amide bonds. The maximum Gasteiger partial charge on any atom is 0.433 e. The summed E-state index contributed by atoms with van der Waals surface area (Å²) in [5, 5.41) is 0. The molecule has 0 spiro atoms. The SMILES string of the molecule is CC(C)CCN(C)c1nc(C(F)(F)F)ccc1C(N)=O. The number of amides is 1. The van der Waals surface area contributed by atoms with Crippen LogP contribution in [0.4, 0.5) is 19.0 Å². The van der Waals surface area contributed by atoms with Crippen molar-refractivity contribution in [3.8, 4) is 0 Å². The lowest BCUT2D eigenvalue weighted by molar-refractivity contribution is -0.141. The molecule has 0 fully saturated rings. The van der Waals surface area contributed by atoms with Gasteiger partial charge >= 0.3 is 6.18 Å². The number of pyridine rings is 1. The van der Waals surface area contributed by atoms with Gasteiger partial charge in [0.25, 0.3) is 5.91 Å². The Morgan fingerprint density at radius 2 is 2.00 bits per heavy atom. The van der Waals surface area contributed by atoms with Crippen LogP contribution in [0, 0.1) is 5.92 Å². The van der Waals surface area contributed by atoms with Crippen LogP contribution in [0.2, 0.25) is 0 Å². The number of hydrogen-bond acceptors (Lipinski definition) is 3. The summed E-state index contributed by atoms with van der Waals surface area (Å²) >= 11 is 0.